The molecule has 0 saturated carbocycles. The van der Waals surface area contributed by atoms with Gasteiger partial charge in [0.05, 0.1) is 28.8 Å². The van der Waals surface area contributed by atoms with Crippen molar-refractivity contribution in [2.45, 2.75) is 6.92 Å². The van der Waals surface area contributed by atoms with E-state index in [4.69, 9.17) is 5.11 Å². The fourth-order valence-corrected chi connectivity index (χ4v) is 1.41. The van der Waals surface area contributed by atoms with Gasteiger partial charge in [-0.2, -0.15) is 0 Å². The number of carbonyl (C=O) groups excluding carboxylic acids is 1. The first-order valence-electron chi connectivity index (χ1n) is 5.47. The molecule has 0 unspecified atom stereocenters. The van der Waals surface area contributed by atoms with E-state index >= 15 is 0 Å². The van der Waals surface area contributed by atoms with Gasteiger partial charge in [-0.05, 0) is 6.92 Å². The van der Waals surface area contributed by atoms with Gasteiger partial charge in [0.1, 0.15) is 6.54 Å². The molecule has 0 atom stereocenters. The highest BCUT2D eigenvalue weighted by molar-refractivity contribution is 5.97. The lowest BCUT2D eigenvalue weighted by Crippen LogP contribution is -2.17. The minimum Gasteiger partial charge on any atom is -0.480 e. The number of ether oxygens (including phenoxy) is 1. The molecule has 1 aromatic rings. The first-order valence-corrected chi connectivity index (χ1v) is 5.47. The van der Waals surface area contributed by atoms with E-state index in [-0.39, 0.29) is 6.61 Å². The summed E-state index contributed by atoms with van der Waals surface area (Å²) >= 11 is 0. The molecule has 0 amide bonds. The molecule has 9 heteroatoms. The number of nitro benzene ring substituents is 1. The summed E-state index contributed by atoms with van der Waals surface area (Å²) in [6, 6.07) is 1.41. The lowest BCUT2D eigenvalue weighted by atomic mass is 10.1. The number of esters is 1. The molecule has 2 N–H and O–H groups in total. The van der Waals surface area contributed by atoms with Crippen molar-refractivity contribution in [1.82, 2.24) is 0 Å². The van der Waals surface area contributed by atoms with Crippen molar-refractivity contribution in [2.24, 2.45) is 0 Å². The van der Waals surface area contributed by atoms with Crippen molar-refractivity contribution in [3.8, 4) is 0 Å². The Morgan fingerprint density at radius 1 is 1.50 bits per heavy atom. The van der Waals surface area contributed by atoms with Crippen LogP contribution in [0.1, 0.15) is 17.3 Å². The van der Waals surface area contributed by atoms with Crippen molar-refractivity contribution < 1.29 is 28.7 Å². The van der Waals surface area contributed by atoms with Gasteiger partial charge in [0.2, 0.25) is 0 Å². The van der Waals surface area contributed by atoms with Crippen molar-refractivity contribution >= 4 is 23.3 Å². The maximum atomic E-state index is 13.8. The van der Waals surface area contributed by atoms with Gasteiger partial charge in [-0.15, -0.1) is 0 Å². The van der Waals surface area contributed by atoms with Crippen LogP contribution in [0.2, 0.25) is 0 Å². The fraction of sp³-hybridized carbons (Fsp3) is 0.273. The Kier molecular flexibility index (Phi) is 4.95. The number of rotatable bonds is 6. The monoisotopic (exact) mass is 286 g/mol. The summed E-state index contributed by atoms with van der Waals surface area (Å²) in [6.45, 7) is 0.846. The van der Waals surface area contributed by atoms with E-state index in [9.17, 15) is 24.1 Å². The van der Waals surface area contributed by atoms with Crippen molar-refractivity contribution in [2.75, 3.05) is 18.5 Å². The van der Waals surface area contributed by atoms with Crippen LogP contribution in [0.4, 0.5) is 15.8 Å². The Bertz CT molecular complexity index is 560. The number of anilines is 1. The standard InChI is InChI=1S/C11H11FN2O6/c1-2-20-11(17)7-3-6(14(18)19)4-8(12)10(7)13-5-9(15)16/h3-4,13H,2,5H2,1H3,(H,15,16). The van der Waals surface area contributed by atoms with Gasteiger partial charge in [-0.25, -0.2) is 9.18 Å². The predicted octanol–water partition coefficient (Wildman–Crippen LogP) is 1.41. The second-order valence-electron chi connectivity index (χ2n) is 3.58. The van der Waals surface area contributed by atoms with E-state index in [0.29, 0.717) is 6.07 Å². The van der Waals surface area contributed by atoms with Gasteiger partial charge in [-0.3, -0.25) is 14.9 Å². The SMILES string of the molecule is CCOC(=O)c1cc([N+](=O)[O-])cc(F)c1NCC(=O)O. The molecule has 0 aliphatic rings. The first-order chi connectivity index (χ1) is 9.36. The third-order valence-electron chi connectivity index (χ3n) is 2.20. The topological polar surface area (TPSA) is 119 Å². The highest BCUT2D eigenvalue weighted by Gasteiger charge is 2.22. The summed E-state index contributed by atoms with van der Waals surface area (Å²) in [5.41, 5.74) is -1.51. The van der Waals surface area contributed by atoms with Crippen LogP contribution in [0, 0.1) is 15.9 Å². The van der Waals surface area contributed by atoms with Crippen LogP contribution < -0.4 is 5.32 Å². The van der Waals surface area contributed by atoms with Gasteiger partial charge in [0.25, 0.3) is 5.69 Å². The summed E-state index contributed by atoms with van der Waals surface area (Å²) < 4.78 is 18.4. The van der Waals surface area contributed by atoms with Crippen LogP contribution in [0.5, 0.6) is 0 Å². The largest absolute Gasteiger partial charge is 0.480 e. The second kappa shape index (κ2) is 6.45. The molecule has 1 aromatic carbocycles. The fourth-order valence-electron chi connectivity index (χ4n) is 1.41. The van der Waals surface area contributed by atoms with Crippen molar-refractivity contribution in [3.05, 3.63) is 33.6 Å². The van der Waals surface area contributed by atoms with Crippen LogP contribution >= 0.6 is 0 Å². The molecular formula is C11H11FN2O6. The molecule has 108 valence electrons. The quantitative estimate of drug-likeness (QED) is 0.461. The Morgan fingerprint density at radius 2 is 2.15 bits per heavy atom. The van der Waals surface area contributed by atoms with Crippen LogP contribution in [0.15, 0.2) is 12.1 Å². The number of nitrogens with one attached hydrogen (secondary N) is 1. The number of halogens is 1. The molecule has 0 fully saturated rings. The maximum absolute atomic E-state index is 13.8. The average molecular weight is 286 g/mol. The molecule has 0 heterocycles. The van der Waals surface area contributed by atoms with Crippen LogP contribution in [-0.2, 0) is 9.53 Å². The molecule has 0 aliphatic heterocycles. The van der Waals surface area contributed by atoms with E-state index < -0.39 is 46.2 Å². The number of non-ortho nitro benzene ring substituents is 1. The maximum Gasteiger partial charge on any atom is 0.340 e. The Balaban J connectivity index is 3.28. The number of carboxylic acids is 1. The Labute approximate surface area is 112 Å². The summed E-state index contributed by atoms with van der Waals surface area (Å²) in [6.07, 6.45) is 0. The molecule has 0 aliphatic carbocycles. The van der Waals surface area contributed by atoms with E-state index in [1.54, 1.807) is 0 Å². The summed E-state index contributed by atoms with van der Waals surface area (Å²) in [5, 5.41) is 21.4. The van der Waals surface area contributed by atoms with Gasteiger partial charge >= 0.3 is 11.9 Å². The smallest absolute Gasteiger partial charge is 0.340 e. The third-order valence-corrected chi connectivity index (χ3v) is 2.20. The van der Waals surface area contributed by atoms with E-state index in [1.165, 1.54) is 6.92 Å². The Hall–Kier alpha value is -2.71. The Morgan fingerprint density at radius 3 is 2.65 bits per heavy atom. The first kappa shape index (κ1) is 15.3. The molecule has 0 spiro atoms. The highest BCUT2D eigenvalue weighted by atomic mass is 19.1. The number of nitrogens with zero attached hydrogens (tertiary/aromatic N) is 1. The molecule has 8 nitrogen and oxygen atoms in total. The molecule has 20 heavy (non-hydrogen) atoms. The summed E-state index contributed by atoms with van der Waals surface area (Å²) in [4.78, 5) is 31.9. The molecule has 0 saturated heterocycles. The molecule has 0 bridgehead atoms. The summed E-state index contributed by atoms with van der Waals surface area (Å²) in [5.74, 6) is -3.37. The normalized spacial score (nSPS) is 9.90. The van der Waals surface area contributed by atoms with Crippen LogP contribution in [-0.4, -0.2) is 35.1 Å². The van der Waals surface area contributed by atoms with Gasteiger partial charge < -0.3 is 15.2 Å². The second-order valence-corrected chi connectivity index (χ2v) is 3.58. The molecule has 0 aromatic heterocycles. The van der Waals surface area contributed by atoms with E-state index in [1.807, 2.05) is 0 Å². The lowest BCUT2D eigenvalue weighted by Gasteiger charge is -2.11. The minimum atomic E-state index is -1.28. The van der Waals surface area contributed by atoms with Gasteiger partial charge in [-0.1, -0.05) is 0 Å². The van der Waals surface area contributed by atoms with Crippen LogP contribution in [0.3, 0.4) is 0 Å². The van der Waals surface area contributed by atoms with Crippen LogP contribution in [0.25, 0.3) is 0 Å². The predicted molar refractivity (Wildman–Crippen MR) is 65.1 cm³/mol. The number of benzene rings is 1. The number of nitro groups is 1. The number of hydrogen-bond donors (Lipinski definition) is 2. The highest BCUT2D eigenvalue weighted by Crippen LogP contribution is 2.26. The zero-order chi connectivity index (χ0) is 15.3. The zero-order valence-electron chi connectivity index (χ0n) is 10.4. The zero-order valence-corrected chi connectivity index (χ0v) is 10.4. The number of carbonyl (C=O) groups is 2. The number of aliphatic carboxylic acids is 1. The van der Waals surface area contributed by atoms with Gasteiger partial charge in [0.15, 0.2) is 5.82 Å². The van der Waals surface area contributed by atoms with Crippen molar-refractivity contribution in [3.63, 3.8) is 0 Å². The van der Waals surface area contributed by atoms with Crippen molar-refractivity contribution in [1.29, 1.82) is 0 Å². The minimum absolute atomic E-state index is 0.0124. The lowest BCUT2D eigenvalue weighted by molar-refractivity contribution is -0.385. The molecule has 1 rings (SSSR count). The average Bonchev–Trinajstić information content (AvgIpc) is 2.36. The molecule has 0 radical (unpaired) electrons. The number of carboxylic acid groups (broad SMARTS) is 1. The number of hydrogen-bond acceptors (Lipinski definition) is 6. The summed E-state index contributed by atoms with van der Waals surface area (Å²) in [7, 11) is 0. The van der Waals surface area contributed by atoms with E-state index in [0.717, 1.165) is 6.07 Å². The van der Waals surface area contributed by atoms with E-state index in [2.05, 4.69) is 10.1 Å². The third kappa shape index (κ3) is 3.64. The van der Waals surface area contributed by atoms with Gasteiger partial charge in [0, 0.05) is 6.07 Å². The molecular weight excluding hydrogens is 275 g/mol.